The van der Waals surface area contributed by atoms with E-state index in [2.05, 4.69) is 5.10 Å². The fourth-order valence-electron chi connectivity index (χ4n) is 3.83. The molecule has 0 aliphatic carbocycles. The Balaban J connectivity index is 2.12. The highest BCUT2D eigenvalue weighted by molar-refractivity contribution is 8.13. The number of benzene rings is 2. The standard InChI is InChI=1S/C23H15ClF3N5O4S/c1-13-19(20-18(37(24,35)36)12-29-32(20)16-8-6-14(11-28)7-9-16)21(33)30(2)22(34)31(13)17-5-3-4-15(10-17)23(25,26)27/h3-10,12H,1-2H3. The van der Waals surface area contributed by atoms with Gasteiger partial charge in [-0.05, 0) is 49.4 Å². The Hall–Kier alpha value is -4.15. The van der Waals surface area contributed by atoms with Gasteiger partial charge in [0.25, 0.3) is 14.6 Å². The summed E-state index contributed by atoms with van der Waals surface area (Å²) in [6.07, 6.45) is -3.79. The summed E-state index contributed by atoms with van der Waals surface area (Å²) in [6.45, 7) is 1.29. The number of hydrogen-bond acceptors (Lipinski definition) is 6. The van der Waals surface area contributed by atoms with E-state index in [1.54, 1.807) is 0 Å². The quantitative estimate of drug-likeness (QED) is 0.359. The lowest BCUT2D eigenvalue weighted by molar-refractivity contribution is -0.137. The molecule has 0 N–H and O–H groups in total. The van der Waals surface area contributed by atoms with Gasteiger partial charge in [0.1, 0.15) is 10.6 Å². The summed E-state index contributed by atoms with van der Waals surface area (Å²) in [5.74, 6) is 0. The first-order valence-electron chi connectivity index (χ1n) is 10.3. The summed E-state index contributed by atoms with van der Waals surface area (Å²) in [4.78, 5) is 25.8. The molecule has 0 radical (unpaired) electrons. The average molecular weight is 550 g/mol. The number of hydrogen-bond donors (Lipinski definition) is 0. The lowest BCUT2D eigenvalue weighted by Crippen LogP contribution is -2.40. The van der Waals surface area contributed by atoms with Gasteiger partial charge in [-0.1, -0.05) is 6.07 Å². The summed E-state index contributed by atoms with van der Waals surface area (Å²) in [5, 5.41) is 13.1. The molecule has 0 aliphatic rings. The minimum atomic E-state index is -4.70. The number of rotatable bonds is 4. The molecule has 2 aromatic heterocycles. The molecule has 0 bridgehead atoms. The zero-order chi connectivity index (χ0) is 27.3. The molecule has 0 fully saturated rings. The summed E-state index contributed by atoms with van der Waals surface area (Å²) in [6, 6.07) is 11.6. The van der Waals surface area contributed by atoms with Gasteiger partial charge >= 0.3 is 11.9 Å². The van der Waals surface area contributed by atoms with Crippen molar-refractivity contribution in [3.63, 3.8) is 0 Å². The molecular formula is C23H15ClF3N5O4S. The smallest absolute Gasteiger partial charge is 0.268 e. The van der Waals surface area contributed by atoms with Crippen LogP contribution in [0.5, 0.6) is 0 Å². The molecule has 9 nitrogen and oxygen atoms in total. The van der Waals surface area contributed by atoms with Gasteiger partial charge in [0, 0.05) is 23.4 Å². The predicted molar refractivity (Wildman–Crippen MR) is 127 cm³/mol. The fraction of sp³-hybridized carbons (Fsp3) is 0.130. The van der Waals surface area contributed by atoms with Crippen LogP contribution in [0.15, 0.2) is 69.2 Å². The Morgan fingerprint density at radius 3 is 2.27 bits per heavy atom. The molecule has 14 heteroatoms. The molecule has 0 unspecified atom stereocenters. The van der Waals surface area contributed by atoms with Crippen LogP contribution in [0.4, 0.5) is 13.2 Å². The molecule has 37 heavy (non-hydrogen) atoms. The number of nitriles is 1. The summed E-state index contributed by atoms with van der Waals surface area (Å²) in [5.41, 5.74) is -3.35. The second-order valence-corrected chi connectivity index (χ2v) is 10.4. The van der Waals surface area contributed by atoms with Crippen LogP contribution < -0.4 is 11.2 Å². The lowest BCUT2D eigenvalue weighted by atomic mass is 10.1. The lowest BCUT2D eigenvalue weighted by Gasteiger charge is -2.18. The molecule has 2 heterocycles. The third-order valence-electron chi connectivity index (χ3n) is 5.60. The van der Waals surface area contributed by atoms with Gasteiger partial charge in [-0.2, -0.15) is 23.5 Å². The molecule has 0 saturated carbocycles. The Morgan fingerprint density at radius 1 is 1.05 bits per heavy atom. The highest BCUT2D eigenvalue weighted by Gasteiger charge is 2.32. The molecule has 2 aromatic carbocycles. The van der Waals surface area contributed by atoms with E-state index in [1.807, 2.05) is 6.07 Å². The van der Waals surface area contributed by atoms with E-state index in [0.717, 1.165) is 40.7 Å². The maximum atomic E-state index is 13.4. The molecule has 4 rings (SSSR count). The van der Waals surface area contributed by atoms with Gasteiger partial charge in [-0.15, -0.1) is 0 Å². The molecule has 0 atom stereocenters. The van der Waals surface area contributed by atoms with Crippen LogP contribution in [0.3, 0.4) is 0 Å². The molecule has 0 aliphatic heterocycles. The molecule has 0 spiro atoms. The first-order chi connectivity index (χ1) is 17.3. The van der Waals surface area contributed by atoms with E-state index >= 15 is 0 Å². The van der Waals surface area contributed by atoms with E-state index in [0.29, 0.717) is 10.1 Å². The molecule has 0 saturated heterocycles. The van der Waals surface area contributed by atoms with Crippen molar-refractivity contribution in [1.82, 2.24) is 18.9 Å². The van der Waals surface area contributed by atoms with Crippen molar-refractivity contribution in [3.8, 4) is 28.7 Å². The normalized spacial score (nSPS) is 11.9. The second-order valence-electron chi connectivity index (χ2n) is 7.86. The van der Waals surface area contributed by atoms with Crippen LogP contribution in [-0.2, 0) is 22.3 Å². The maximum absolute atomic E-state index is 13.4. The third kappa shape index (κ3) is 4.56. The van der Waals surface area contributed by atoms with Gasteiger partial charge in [-0.25, -0.2) is 17.9 Å². The minimum absolute atomic E-state index is 0.149. The molecular weight excluding hydrogens is 535 g/mol. The summed E-state index contributed by atoms with van der Waals surface area (Å²) < 4.78 is 67.5. The Bertz CT molecular complexity index is 1820. The Kier molecular flexibility index (Phi) is 6.35. The topological polar surface area (TPSA) is 120 Å². The van der Waals surface area contributed by atoms with E-state index in [9.17, 15) is 31.2 Å². The third-order valence-corrected chi connectivity index (χ3v) is 6.92. The van der Waals surface area contributed by atoms with Crippen molar-refractivity contribution < 1.29 is 21.6 Å². The van der Waals surface area contributed by atoms with Crippen molar-refractivity contribution in [2.75, 3.05) is 0 Å². The minimum Gasteiger partial charge on any atom is -0.268 e. The van der Waals surface area contributed by atoms with Crippen LogP contribution in [0.1, 0.15) is 16.8 Å². The van der Waals surface area contributed by atoms with Crippen molar-refractivity contribution in [2.45, 2.75) is 18.0 Å². The predicted octanol–water partition coefficient (Wildman–Crippen LogP) is 3.52. The Labute approximate surface area is 211 Å². The van der Waals surface area contributed by atoms with Crippen LogP contribution >= 0.6 is 10.7 Å². The summed E-state index contributed by atoms with van der Waals surface area (Å²) in [7, 11) is 2.26. The second kappa shape index (κ2) is 9.06. The van der Waals surface area contributed by atoms with Crippen molar-refractivity contribution in [2.24, 2.45) is 7.05 Å². The van der Waals surface area contributed by atoms with Gasteiger partial charge in [-0.3, -0.25) is 13.9 Å². The summed E-state index contributed by atoms with van der Waals surface area (Å²) >= 11 is 0. The average Bonchev–Trinajstić information content (AvgIpc) is 3.28. The molecule has 190 valence electrons. The maximum Gasteiger partial charge on any atom is 0.416 e. The van der Waals surface area contributed by atoms with Crippen molar-refractivity contribution >= 4 is 19.7 Å². The van der Waals surface area contributed by atoms with Crippen molar-refractivity contribution in [1.29, 1.82) is 5.26 Å². The van der Waals surface area contributed by atoms with Crippen molar-refractivity contribution in [3.05, 3.63) is 92.4 Å². The molecule has 4 aromatic rings. The van der Waals surface area contributed by atoms with E-state index in [-0.39, 0.29) is 28.3 Å². The zero-order valence-corrected chi connectivity index (χ0v) is 20.6. The molecule has 0 amide bonds. The highest BCUT2D eigenvalue weighted by Crippen LogP contribution is 2.33. The number of halogens is 4. The first kappa shape index (κ1) is 25.9. The Morgan fingerprint density at radius 2 is 1.70 bits per heavy atom. The van der Waals surface area contributed by atoms with E-state index in [4.69, 9.17) is 15.9 Å². The number of alkyl halides is 3. The van der Waals surface area contributed by atoms with Crippen LogP contribution in [0.2, 0.25) is 0 Å². The van der Waals surface area contributed by atoms with Gasteiger partial charge in [0.2, 0.25) is 0 Å². The monoisotopic (exact) mass is 549 g/mol. The first-order valence-corrected chi connectivity index (χ1v) is 12.6. The number of nitrogens with zero attached hydrogens (tertiary/aromatic N) is 5. The fourth-order valence-corrected chi connectivity index (χ4v) is 4.76. The van der Waals surface area contributed by atoms with Crippen LogP contribution in [0, 0.1) is 18.3 Å². The largest absolute Gasteiger partial charge is 0.416 e. The van der Waals surface area contributed by atoms with Crippen LogP contribution in [0.25, 0.3) is 22.6 Å². The van der Waals surface area contributed by atoms with E-state index < -0.39 is 36.9 Å². The highest BCUT2D eigenvalue weighted by atomic mass is 35.7. The van der Waals surface area contributed by atoms with Crippen LogP contribution in [-0.4, -0.2) is 27.3 Å². The SMILES string of the molecule is Cc1c(-c2c(S(=O)(=O)Cl)cnn2-c2ccc(C#N)cc2)c(=O)n(C)c(=O)n1-c1cccc(C(F)(F)F)c1. The van der Waals surface area contributed by atoms with Gasteiger partial charge in [0.05, 0.1) is 40.3 Å². The van der Waals surface area contributed by atoms with E-state index in [1.165, 1.54) is 37.3 Å². The zero-order valence-electron chi connectivity index (χ0n) is 19.0. The van der Waals surface area contributed by atoms with Gasteiger partial charge < -0.3 is 0 Å². The van der Waals surface area contributed by atoms with Gasteiger partial charge in [0.15, 0.2) is 0 Å². The number of aromatic nitrogens is 4.